The molecule has 0 spiro atoms. The second-order valence-corrected chi connectivity index (χ2v) is 13.3. The Morgan fingerprint density at radius 2 is 1.43 bits per heavy atom. The van der Waals surface area contributed by atoms with Gasteiger partial charge >= 0.3 is 6.09 Å². The van der Waals surface area contributed by atoms with Crippen molar-refractivity contribution in [1.29, 1.82) is 0 Å². The van der Waals surface area contributed by atoms with E-state index in [4.69, 9.17) is 37.9 Å². The fourth-order valence-corrected chi connectivity index (χ4v) is 6.42. The van der Waals surface area contributed by atoms with Crippen LogP contribution in [0.5, 0.6) is 23.0 Å². The Morgan fingerprint density at radius 1 is 0.704 bits per heavy atom. The fourth-order valence-electron chi connectivity index (χ4n) is 6.42. The number of benzene rings is 4. The molecule has 1 fully saturated rings. The number of aryl methyl sites for hydroxylation is 1. The molecule has 0 N–H and O–H groups in total. The van der Waals surface area contributed by atoms with E-state index in [-0.39, 0.29) is 24.7 Å². The van der Waals surface area contributed by atoms with Crippen molar-refractivity contribution >= 4 is 6.09 Å². The van der Waals surface area contributed by atoms with Gasteiger partial charge in [0, 0.05) is 50.7 Å². The number of methoxy groups -OCH3 is 3. The van der Waals surface area contributed by atoms with Crippen LogP contribution in [0.4, 0.5) is 4.79 Å². The summed E-state index contributed by atoms with van der Waals surface area (Å²) in [4.78, 5) is 15.1. The number of carbonyl (C=O) groups excluding carboxylic acids is 1. The number of piperidine rings is 1. The molecular formula is C44H55NO9. The highest BCUT2D eigenvalue weighted by molar-refractivity contribution is 5.68. The molecule has 1 aliphatic heterocycles. The molecule has 0 radical (unpaired) electrons. The maximum absolute atomic E-state index is 13.3. The summed E-state index contributed by atoms with van der Waals surface area (Å²) in [5.41, 5.74) is 5.28. The van der Waals surface area contributed by atoms with E-state index in [2.05, 4.69) is 31.2 Å². The highest BCUT2D eigenvalue weighted by Crippen LogP contribution is 2.33. The van der Waals surface area contributed by atoms with E-state index >= 15 is 0 Å². The zero-order valence-corrected chi connectivity index (χ0v) is 32.1. The summed E-state index contributed by atoms with van der Waals surface area (Å²) in [6.45, 7) is 6.39. The smallest absolute Gasteiger partial charge is 0.410 e. The van der Waals surface area contributed by atoms with Crippen LogP contribution >= 0.6 is 0 Å². The zero-order chi connectivity index (χ0) is 38.0. The third kappa shape index (κ3) is 12.4. The van der Waals surface area contributed by atoms with Crippen molar-refractivity contribution < 1.29 is 42.7 Å². The van der Waals surface area contributed by atoms with E-state index in [0.29, 0.717) is 64.2 Å². The summed E-state index contributed by atoms with van der Waals surface area (Å²) in [6, 6.07) is 30.0. The van der Waals surface area contributed by atoms with E-state index in [1.807, 2.05) is 66.7 Å². The predicted octanol–water partition coefficient (Wildman–Crippen LogP) is 8.38. The number of nitrogens with zero attached hydrogens (tertiary/aromatic N) is 1. The molecule has 1 amide bonds. The van der Waals surface area contributed by atoms with E-state index in [1.54, 1.807) is 26.2 Å². The Balaban J connectivity index is 1.19. The number of carbonyl (C=O) groups is 1. The first kappa shape index (κ1) is 40.4. The van der Waals surface area contributed by atoms with Crippen LogP contribution in [0.15, 0.2) is 91.0 Å². The largest absolute Gasteiger partial charge is 0.497 e. The van der Waals surface area contributed by atoms with Crippen LogP contribution < -0.4 is 18.9 Å². The van der Waals surface area contributed by atoms with Crippen molar-refractivity contribution in [3.63, 3.8) is 0 Å². The highest BCUT2D eigenvalue weighted by Gasteiger charge is 2.34. The van der Waals surface area contributed by atoms with E-state index in [0.717, 1.165) is 59.4 Å². The second-order valence-electron chi connectivity index (χ2n) is 13.3. The quantitative estimate of drug-likeness (QED) is 0.0781. The molecule has 0 aromatic heterocycles. The van der Waals surface area contributed by atoms with Gasteiger partial charge in [-0.2, -0.15) is 0 Å². The molecule has 4 aromatic carbocycles. The first-order valence-electron chi connectivity index (χ1n) is 18.8. The molecule has 2 atom stereocenters. The summed E-state index contributed by atoms with van der Waals surface area (Å²) in [5.74, 6) is 3.08. The maximum atomic E-state index is 13.3. The van der Waals surface area contributed by atoms with Crippen LogP contribution in [0.1, 0.15) is 59.9 Å². The van der Waals surface area contributed by atoms with Gasteiger partial charge in [-0.05, 0) is 65.4 Å². The lowest BCUT2D eigenvalue weighted by atomic mass is 9.87. The summed E-state index contributed by atoms with van der Waals surface area (Å²) < 4.78 is 46.4. The Kier molecular flexibility index (Phi) is 16.3. The van der Waals surface area contributed by atoms with E-state index in [1.165, 1.54) is 5.56 Å². The SMILES string of the molecule is CCc1ccc(COC(=O)N2CC[C@H](c3ccc(OCCCOCc4ccccc4OC)cc3)C(OCc3cc(OC)cc(OCCCOC)c3)C2)cc1. The van der Waals surface area contributed by atoms with Gasteiger partial charge in [0.1, 0.15) is 29.6 Å². The first-order chi connectivity index (χ1) is 26.5. The molecule has 1 unspecified atom stereocenters. The van der Waals surface area contributed by atoms with Crippen molar-refractivity contribution in [2.24, 2.45) is 0 Å². The summed E-state index contributed by atoms with van der Waals surface area (Å²) in [6.07, 6.45) is 2.61. The molecule has 1 heterocycles. The van der Waals surface area contributed by atoms with E-state index < -0.39 is 0 Å². The lowest BCUT2D eigenvalue weighted by molar-refractivity contribution is -0.0246. The molecule has 0 aliphatic carbocycles. The molecule has 1 aliphatic rings. The Bertz CT molecular complexity index is 1700. The number of amides is 1. The van der Waals surface area contributed by atoms with Gasteiger partial charge in [0.05, 0.1) is 59.9 Å². The summed E-state index contributed by atoms with van der Waals surface area (Å²) >= 11 is 0. The normalized spacial score (nSPS) is 15.4. The van der Waals surface area contributed by atoms with Crippen LogP contribution in [0.2, 0.25) is 0 Å². The van der Waals surface area contributed by atoms with Gasteiger partial charge in [-0.25, -0.2) is 4.79 Å². The van der Waals surface area contributed by atoms with Crippen molar-refractivity contribution in [2.75, 3.05) is 60.8 Å². The molecule has 10 heteroatoms. The molecule has 1 saturated heterocycles. The third-order valence-electron chi connectivity index (χ3n) is 9.47. The predicted molar refractivity (Wildman–Crippen MR) is 208 cm³/mol. The average Bonchev–Trinajstić information content (AvgIpc) is 3.22. The zero-order valence-electron chi connectivity index (χ0n) is 32.1. The molecule has 5 rings (SSSR count). The Hall–Kier alpha value is -4.77. The Labute approximate surface area is 320 Å². The monoisotopic (exact) mass is 741 g/mol. The van der Waals surface area contributed by atoms with E-state index in [9.17, 15) is 4.79 Å². The minimum Gasteiger partial charge on any atom is -0.497 e. The number of para-hydroxylation sites is 1. The highest BCUT2D eigenvalue weighted by atomic mass is 16.6. The van der Waals surface area contributed by atoms with Crippen LogP contribution in [-0.4, -0.2) is 77.9 Å². The summed E-state index contributed by atoms with van der Waals surface area (Å²) in [7, 11) is 4.98. The van der Waals surface area contributed by atoms with Crippen molar-refractivity contribution in [1.82, 2.24) is 4.90 Å². The van der Waals surface area contributed by atoms with Crippen molar-refractivity contribution in [3.05, 3.63) is 119 Å². The standard InChI is InChI=1S/C44H55NO9/c1-5-33-12-14-34(15-13-33)30-54-44(46)45-21-20-41(43(29-45)53-31-35-26-39(48-3)28-40(27-35)52-24-8-22-47-2)36-16-18-38(19-17-36)51-25-9-23-50-32-37-10-6-7-11-42(37)49-4/h6-7,10-19,26-28,41,43H,5,8-9,20-25,29-32H2,1-4H3/t41-,43?/m1/s1. The molecule has 10 nitrogen and oxygen atoms in total. The molecule has 4 aromatic rings. The van der Waals surface area contributed by atoms with Crippen LogP contribution in [0.3, 0.4) is 0 Å². The third-order valence-corrected chi connectivity index (χ3v) is 9.47. The number of hydrogen-bond donors (Lipinski definition) is 0. The maximum Gasteiger partial charge on any atom is 0.410 e. The molecule has 0 saturated carbocycles. The second kappa shape index (κ2) is 21.8. The number of rotatable bonds is 21. The number of hydrogen-bond acceptors (Lipinski definition) is 9. The molecule has 290 valence electrons. The Morgan fingerprint density at radius 3 is 2.17 bits per heavy atom. The lowest BCUT2D eigenvalue weighted by Crippen LogP contribution is -2.47. The minimum absolute atomic E-state index is 0.0587. The lowest BCUT2D eigenvalue weighted by Gasteiger charge is -2.38. The number of likely N-dealkylation sites (tertiary alicyclic amines) is 1. The van der Waals surface area contributed by atoms with Crippen LogP contribution in [-0.2, 0) is 45.2 Å². The van der Waals surface area contributed by atoms with Gasteiger partial charge in [-0.1, -0.05) is 61.5 Å². The topological polar surface area (TPSA) is 94.2 Å². The van der Waals surface area contributed by atoms with Crippen molar-refractivity contribution in [3.8, 4) is 23.0 Å². The molecule has 54 heavy (non-hydrogen) atoms. The van der Waals surface area contributed by atoms with Gasteiger partial charge < -0.3 is 42.8 Å². The molecule has 0 bridgehead atoms. The van der Waals surface area contributed by atoms with Crippen LogP contribution in [0.25, 0.3) is 0 Å². The van der Waals surface area contributed by atoms with Gasteiger partial charge in [-0.15, -0.1) is 0 Å². The van der Waals surface area contributed by atoms with Crippen LogP contribution in [0, 0.1) is 0 Å². The molecular weight excluding hydrogens is 686 g/mol. The minimum atomic E-state index is -0.342. The van der Waals surface area contributed by atoms with Gasteiger partial charge in [0.2, 0.25) is 0 Å². The fraction of sp³-hybridized carbons (Fsp3) is 0.432. The van der Waals surface area contributed by atoms with Gasteiger partial charge in [0.25, 0.3) is 0 Å². The number of ether oxygens (including phenoxy) is 8. The van der Waals surface area contributed by atoms with Crippen molar-refractivity contribution in [2.45, 2.75) is 64.4 Å². The average molecular weight is 742 g/mol. The van der Waals surface area contributed by atoms with Gasteiger partial charge in [-0.3, -0.25) is 0 Å². The van der Waals surface area contributed by atoms with Gasteiger partial charge in [0.15, 0.2) is 0 Å². The first-order valence-corrected chi connectivity index (χ1v) is 18.8. The summed E-state index contributed by atoms with van der Waals surface area (Å²) in [5, 5.41) is 0.